The van der Waals surface area contributed by atoms with Crippen molar-refractivity contribution in [3.8, 4) is 0 Å². The summed E-state index contributed by atoms with van der Waals surface area (Å²) < 4.78 is 0.843. The number of carbonyl (C=O) groups is 1. The minimum atomic E-state index is 0.0851. The van der Waals surface area contributed by atoms with Crippen molar-refractivity contribution in [2.24, 2.45) is 0 Å². The fourth-order valence-electron chi connectivity index (χ4n) is 2.65. The molecular weight excluding hydrogens is 340 g/mol. The van der Waals surface area contributed by atoms with Crippen LogP contribution in [0.5, 0.6) is 0 Å². The molecule has 0 saturated carbocycles. The molecule has 1 amide bonds. The molecule has 1 aliphatic rings. The molecule has 0 radical (unpaired) electrons. The van der Waals surface area contributed by atoms with Crippen LogP contribution in [-0.2, 0) is 0 Å². The summed E-state index contributed by atoms with van der Waals surface area (Å²) in [4.78, 5) is 14.8. The first-order valence-corrected chi connectivity index (χ1v) is 8.26. The molecular formula is C15H20BrClN2O. The number of amides is 1. The van der Waals surface area contributed by atoms with Crippen LogP contribution in [0.4, 0.5) is 0 Å². The number of rotatable bonds is 4. The lowest BCUT2D eigenvalue weighted by molar-refractivity contribution is 0.0642. The number of halogens is 2. The van der Waals surface area contributed by atoms with Crippen LogP contribution in [0.15, 0.2) is 22.7 Å². The lowest BCUT2D eigenvalue weighted by atomic mass is 10.0. The molecule has 1 aromatic rings. The van der Waals surface area contributed by atoms with Gasteiger partial charge in [0.2, 0.25) is 0 Å². The van der Waals surface area contributed by atoms with E-state index in [2.05, 4.69) is 28.2 Å². The smallest absolute Gasteiger partial charge is 0.254 e. The summed E-state index contributed by atoms with van der Waals surface area (Å²) in [5, 5.41) is 3.93. The number of carbonyl (C=O) groups excluding carboxylic acids is 1. The number of piperidine rings is 1. The highest BCUT2D eigenvalue weighted by Gasteiger charge is 2.25. The summed E-state index contributed by atoms with van der Waals surface area (Å²) in [5.74, 6) is 0.0851. The largest absolute Gasteiger partial charge is 0.336 e. The highest BCUT2D eigenvalue weighted by Crippen LogP contribution is 2.23. The highest BCUT2D eigenvalue weighted by atomic mass is 79.9. The Labute approximate surface area is 133 Å². The van der Waals surface area contributed by atoms with Gasteiger partial charge in [-0.15, -0.1) is 0 Å². The van der Waals surface area contributed by atoms with Crippen molar-refractivity contribution in [1.82, 2.24) is 10.2 Å². The highest BCUT2D eigenvalue weighted by molar-refractivity contribution is 9.10. The average molecular weight is 360 g/mol. The van der Waals surface area contributed by atoms with Crippen molar-refractivity contribution in [1.29, 1.82) is 0 Å². The third-order valence-corrected chi connectivity index (χ3v) is 4.26. The van der Waals surface area contributed by atoms with Crippen LogP contribution < -0.4 is 5.32 Å². The molecule has 1 aliphatic heterocycles. The molecule has 3 nitrogen and oxygen atoms in total. The van der Waals surface area contributed by atoms with Crippen molar-refractivity contribution < 1.29 is 4.79 Å². The first-order chi connectivity index (χ1) is 9.61. The second kappa shape index (κ2) is 7.43. The van der Waals surface area contributed by atoms with E-state index in [4.69, 9.17) is 11.6 Å². The molecule has 0 atom stereocenters. The summed E-state index contributed by atoms with van der Waals surface area (Å²) >= 11 is 9.45. The molecule has 0 spiro atoms. The first-order valence-electron chi connectivity index (χ1n) is 7.09. The maximum atomic E-state index is 12.8. The van der Waals surface area contributed by atoms with Crippen molar-refractivity contribution in [3.05, 3.63) is 33.3 Å². The Kier molecular flexibility index (Phi) is 5.87. The average Bonchev–Trinajstić information content (AvgIpc) is 2.44. The Bertz CT molecular complexity index is 455. The fourth-order valence-corrected chi connectivity index (χ4v) is 3.51. The zero-order chi connectivity index (χ0) is 14.5. The topological polar surface area (TPSA) is 32.3 Å². The van der Waals surface area contributed by atoms with Crippen LogP contribution in [0.25, 0.3) is 0 Å². The SMILES string of the molecule is CCCN(C(=O)c1cc(Cl)cc(Br)c1)C1CCNCC1. The molecule has 1 heterocycles. The van der Waals surface area contributed by atoms with Crippen LogP contribution in [0.1, 0.15) is 36.5 Å². The molecule has 0 aromatic heterocycles. The molecule has 0 bridgehead atoms. The van der Waals surface area contributed by atoms with Gasteiger partial charge in [-0.2, -0.15) is 0 Å². The molecule has 1 aromatic carbocycles. The molecule has 5 heteroatoms. The van der Waals surface area contributed by atoms with E-state index in [0.717, 1.165) is 43.4 Å². The summed E-state index contributed by atoms with van der Waals surface area (Å²) in [6.45, 7) is 4.87. The zero-order valence-electron chi connectivity index (χ0n) is 11.7. The number of benzene rings is 1. The maximum Gasteiger partial charge on any atom is 0.254 e. The Hall–Kier alpha value is -0.580. The van der Waals surface area contributed by atoms with Gasteiger partial charge in [0, 0.05) is 27.6 Å². The van der Waals surface area contributed by atoms with E-state index in [1.54, 1.807) is 12.1 Å². The van der Waals surface area contributed by atoms with Gasteiger partial charge in [-0.25, -0.2) is 0 Å². The predicted octanol–water partition coefficient (Wildman–Crippen LogP) is 3.71. The number of nitrogens with zero attached hydrogens (tertiary/aromatic N) is 1. The van der Waals surface area contributed by atoms with E-state index >= 15 is 0 Å². The Morgan fingerprint density at radius 3 is 2.70 bits per heavy atom. The van der Waals surface area contributed by atoms with E-state index < -0.39 is 0 Å². The Balaban J connectivity index is 2.20. The molecule has 0 unspecified atom stereocenters. The second-order valence-corrected chi connectivity index (χ2v) is 6.49. The normalized spacial score (nSPS) is 16.1. The van der Waals surface area contributed by atoms with Gasteiger partial charge in [-0.05, 0) is 50.6 Å². The monoisotopic (exact) mass is 358 g/mol. The van der Waals surface area contributed by atoms with E-state index in [-0.39, 0.29) is 5.91 Å². The van der Waals surface area contributed by atoms with Crippen LogP contribution in [-0.4, -0.2) is 36.5 Å². The van der Waals surface area contributed by atoms with Gasteiger partial charge in [0.05, 0.1) is 0 Å². The molecule has 1 N–H and O–H groups in total. The summed E-state index contributed by atoms with van der Waals surface area (Å²) in [6, 6.07) is 5.73. The van der Waals surface area contributed by atoms with Crippen LogP contribution in [0.2, 0.25) is 5.02 Å². The maximum absolute atomic E-state index is 12.8. The van der Waals surface area contributed by atoms with Crippen LogP contribution in [0, 0.1) is 0 Å². The van der Waals surface area contributed by atoms with Gasteiger partial charge >= 0.3 is 0 Å². The standard InChI is InChI=1S/C15H20BrClN2O/c1-2-7-19(14-3-5-18-6-4-14)15(20)11-8-12(16)10-13(17)9-11/h8-10,14,18H,2-7H2,1H3. The van der Waals surface area contributed by atoms with Gasteiger partial charge in [0.25, 0.3) is 5.91 Å². The molecule has 20 heavy (non-hydrogen) atoms. The summed E-state index contributed by atoms with van der Waals surface area (Å²) in [5.41, 5.74) is 0.663. The number of hydrogen-bond acceptors (Lipinski definition) is 2. The predicted molar refractivity (Wildman–Crippen MR) is 86.4 cm³/mol. The van der Waals surface area contributed by atoms with Gasteiger partial charge in [-0.3, -0.25) is 4.79 Å². The van der Waals surface area contributed by atoms with Crippen molar-refractivity contribution in [3.63, 3.8) is 0 Å². The van der Waals surface area contributed by atoms with Crippen LogP contribution >= 0.6 is 27.5 Å². The number of hydrogen-bond donors (Lipinski definition) is 1. The molecule has 0 aliphatic carbocycles. The summed E-state index contributed by atoms with van der Waals surface area (Å²) in [6.07, 6.45) is 3.01. The molecule has 1 saturated heterocycles. The Morgan fingerprint density at radius 1 is 1.40 bits per heavy atom. The quantitative estimate of drug-likeness (QED) is 0.889. The fraction of sp³-hybridized carbons (Fsp3) is 0.533. The van der Waals surface area contributed by atoms with Gasteiger partial charge in [-0.1, -0.05) is 34.5 Å². The molecule has 2 rings (SSSR count). The minimum absolute atomic E-state index is 0.0851. The van der Waals surface area contributed by atoms with Crippen LogP contribution in [0.3, 0.4) is 0 Å². The minimum Gasteiger partial charge on any atom is -0.336 e. The summed E-state index contributed by atoms with van der Waals surface area (Å²) in [7, 11) is 0. The zero-order valence-corrected chi connectivity index (χ0v) is 14.0. The lowest BCUT2D eigenvalue weighted by Crippen LogP contribution is -2.46. The second-order valence-electron chi connectivity index (χ2n) is 5.14. The van der Waals surface area contributed by atoms with E-state index in [1.165, 1.54) is 0 Å². The van der Waals surface area contributed by atoms with Gasteiger partial charge < -0.3 is 10.2 Å². The third-order valence-electron chi connectivity index (χ3n) is 3.58. The third kappa shape index (κ3) is 3.96. The van der Waals surface area contributed by atoms with E-state index in [1.807, 2.05) is 11.0 Å². The Morgan fingerprint density at radius 2 is 2.10 bits per heavy atom. The molecule has 1 fully saturated rings. The van der Waals surface area contributed by atoms with E-state index in [0.29, 0.717) is 16.6 Å². The first kappa shape index (κ1) is 15.8. The lowest BCUT2D eigenvalue weighted by Gasteiger charge is -2.34. The van der Waals surface area contributed by atoms with Gasteiger partial charge in [0.1, 0.15) is 0 Å². The van der Waals surface area contributed by atoms with Crippen molar-refractivity contribution in [2.75, 3.05) is 19.6 Å². The van der Waals surface area contributed by atoms with E-state index in [9.17, 15) is 4.79 Å². The van der Waals surface area contributed by atoms with Crippen molar-refractivity contribution in [2.45, 2.75) is 32.2 Å². The van der Waals surface area contributed by atoms with Crippen molar-refractivity contribution >= 4 is 33.4 Å². The molecule has 110 valence electrons. The van der Waals surface area contributed by atoms with Gasteiger partial charge in [0.15, 0.2) is 0 Å². The number of nitrogens with one attached hydrogen (secondary N) is 1.